The van der Waals surface area contributed by atoms with Crippen molar-refractivity contribution in [2.75, 3.05) is 0 Å². The van der Waals surface area contributed by atoms with Gasteiger partial charge in [-0.15, -0.1) is 0 Å². The summed E-state index contributed by atoms with van der Waals surface area (Å²) >= 11 is 0. The molecule has 1 nitrogen and oxygen atoms in total. The summed E-state index contributed by atoms with van der Waals surface area (Å²) in [4.78, 5) is 14.4. The van der Waals surface area contributed by atoms with Gasteiger partial charge in [-0.2, -0.15) is 0 Å². The second-order valence-corrected chi connectivity index (χ2v) is 11.5. The lowest BCUT2D eigenvalue weighted by molar-refractivity contribution is -0.128. The highest BCUT2D eigenvalue weighted by Gasteiger charge is 2.52. The molecule has 1 heteroatoms. The van der Waals surface area contributed by atoms with Gasteiger partial charge >= 0.3 is 0 Å². The molecule has 0 bridgehead atoms. The third-order valence-corrected chi connectivity index (χ3v) is 8.82. The third kappa shape index (κ3) is 9.13. The molecule has 0 radical (unpaired) electrons. The van der Waals surface area contributed by atoms with Crippen LogP contribution in [-0.4, -0.2) is 5.78 Å². The molecule has 1 aliphatic rings. The summed E-state index contributed by atoms with van der Waals surface area (Å²) in [6.07, 6.45) is 26.3. The first-order valence-corrected chi connectivity index (χ1v) is 15.8. The number of hydrogen-bond donors (Lipinski definition) is 0. The van der Waals surface area contributed by atoms with E-state index >= 15 is 0 Å². The minimum atomic E-state index is 0.225. The van der Waals surface area contributed by atoms with Crippen LogP contribution in [0.2, 0.25) is 0 Å². The molecule has 0 spiro atoms. The van der Waals surface area contributed by atoms with E-state index in [9.17, 15) is 4.79 Å². The minimum Gasteiger partial charge on any atom is -0.294 e. The molecule has 2 atom stereocenters. The van der Waals surface area contributed by atoms with Crippen molar-refractivity contribution in [1.29, 1.82) is 0 Å². The molecule has 0 saturated heterocycles. The average Bonchev–Trinajstić information content (AvgIpc) is 2.83. The Morgan fingerprint density at radius 1 is 0.529 bits per heavy atom. The van der Waals surface area contributed by atoms with Gasteiger partial charge < -0.3 is 0 Å². The number of hydrogen-bond acceptors (Lipinski definition) is 1. The largest absolute Gasteiger partial charge is 0.294 e. The summed E-state index contributed by atoms with van der Waals surface area (Å²) < 4.78 is 0. The van der Waals surface area contributed by atoms with Gasteiger partial charge in [0.05, 0.1) is 0 Å². The zero-order chi connectivity index (χ0) is 25.2. The summed E-state index contributed by atoms with van der Waals surface area (Å²) in [5.41, 5.74) is 3.20. The Kier molecular flexibility index (Phi) is 17.2. The van der Waals surface area contributed by atoms with Crippen LogP contribution in [0, 0.1) is 17.3 Å². The molecule has 0 amide bonds. The molecule has 0 aliphatic heterocycles. The van der Waals surface area contributed by atoms with E-state index in [1.54, 1.807) is 5.57 Å². The van der Waals surface area contributed by atoms with Crippen LogP contribution < -0.4 is 0 Å². The highest BCUT2D eigenvalue weighted by molar-refractivity contribution is 5.99. The lowest BCUT2D eigenvalue weighted by Gasteiger charge is -2.52. The number of unbranched alkanes of at least 4 members (excludes halogenated alkanes) is 9. The molecule has 0 aromatic rings. The first-order valence-electron chi connectivity index (χ1n) is 15.8. The van der Waals surface area contributed by atoms with Gasteiger partial charge in [0, 0.05) is 5.92 Å². The maximum Gasteiger partial charge on any atom is 0.162 e. The summed E-state index contributed by atoms with van der Waals surface area (Å²) in [6, 6.07) is 0. The van der Waals surface area contributed by atoms with E-state index in [1.807, 2.05) is 0 Å². The van der Waals surface area contributed by atoms with Gasteiger partial charge in [0.2, 0.25) is 0 Å². The number of rotatable bonds is 21. The van der Waals surface area contributed by atoms with Crippen molar-refractivity contribution in [3.63, 3.8) is 0 Å². The normalized spacial score (nSPS) is 20.4. The highest BCUT2D eigenvalue weighted by Crippen LogP contribution is 2.57. The van der Waals surface area contributed by atoms with Crippen molar-refractivity contribution in [2.45, 2.75) is 176 Å². The van der Waals surface area contributed by atoms with Crippen molar-refractivity contribution in [3.8, 4) is 0 Å². The van der Waals surface area contributed by atoms with Crippen molar-refractivity contribution < 1.29 is 4.79 Å². The average molecular weight is 475 g/mol. The van der Waals surface area contributed by atoms with Crippen molar-refractivity contribution in [3.05, 3.63) is 11.1 Å². The highest BCUT2D eigenvalue weighted by atomic mass is 16.1. The SMILES string of the molecule is CCCCCC1=C(CCCC)C(=O)C(CCCC)C(CCCCC)(CCCCC)C1CCCC. The van der Waals surface area contributed by atoms with E-state index in [0.717, 1.165) is 12.8 Å². The molecule has 200 valence electrons. The lowest BCUT2D eigenvalue weighted by atomic mass is 9.51. The Labute approximate surface area is 215 Å². The van der Waals surface area contributed by atoms with Gasteiger partial charge in [-0.1, -0.05) is 131 Å². The molecular weight excluding hydrogens is 412 g/mol. The maximum atomic E-state index is 14.4. The molecule has 0 saturated carbocycles. The van der Waals surface area contributed by atoms with Crippen molar-refractivity contribution in [2.24, 2.45) is 17.3 Å². The van der Waals surface area contributed by atoms with Crippen LogP contribution in [0.15, 0.2) is 11.1 Å². The number of carbonyl (C=O) groups excluding carboxylic acids is 1. The Morgan fingerprint density at radius 2 is 1.00 bits per heavy atom. The van der Waals surface area contributed by atoms with Crippen LogP contribution in [-0.2, 0) is 4.79 Å². The zero-order valence-electron chi connectivity index (χ0n) is 24.4. The van der Waals surface area contributed by atoms with E-state index in [1.165, 1.54) is 128 Å². The topological polar surface area (TPSA) is 17.1 Å². The fourth-order valence-electron chi connectivity index (χ4n) is 6.88. The Hall–Kier alpha value is -0.590. The number of allylic oxidation sites excluding steroid dienone is 2. The maximum absolute atomic E-state index is 14.4. The third-order valence-electron chi connectivity index (χ3n) is 8.82. The van der Waals surface area contributed by atoms with Gasteiger partial charge in [-0.3, -0.25) is 4.79 Å². The fraction of sp³-hybridized carbons (Fsp3) is 0.909. The van der Waals surface area contributed by atoms with Gasteiger partial charge in [-0.25, -0.2) is 0 Å². The predicted molar refractivity (Wildman–Crippen MR) is 152 cm³/mol. The number of ketones is 1. The van der Waals surface area contributed by atoms with E-state index < -0.39 is 0 Å². The van der Waals surface area contributed by atoms with Crippen LogP contribution >= 0.6 is 0 Å². The quantitative estimate of drug-likeness (QED) is 0.151. The molecule has 0 N–H and O–H groups in total. The molecule has 0 fully saturated rings. The molecular formula is C33H62O. The van der Waals surface area contributed by atoms with Crippen LogP contribution in [0.25, 0.3) is 0 Å². The zero-order valence-corrected chi connectivity index (χ0v) is 24.4. The van der Waals surface area contributed by atoms with Gasteiger partial charge in [-0.05, 0) is 68.3 Å². The summed E-state index contributed by atoms with van der Waals surface area (Å²) in [7, 11) is 0. The number of carbonyl (C=O) groups is 1. The first kappa shape index (κ1) is 31.4. The fourth-order valence-corrected chi connectivity index (χ4v) is 6.88. The van der Waals surface area contributed by atoms with Crippen molar-refractivity contribution >= 4 is 5.78 Å². The van der Waals surface area contributed by atoms with Gasteiger partial charge in [0.1, 0.15) is 0 Å². The number of Topliss-reactive ketones (excluding diaryl/α,β-unsaturated/α-hetero) is 1. The summed E-state index contributed by atoms with van der Waals surface area (Å²) in [5, 5.41) is 0. The standard InChI is InChI=1S/C33H62O/c1-7-13-19-23-28-29(22-16-10-4)32(34)31(25-18-12-6)33(26-20-14-8-2,27-21-15-9-3)30(28)24-17-11-5/h30-31H,7-27H2,1-6H3. The Bertz CT molecular complexity index is 547. The van der Waals surface area contributed by atoms with Gasteiger partial charge in [0.15, 0.2) is 5.78 Å². The molecule has 1 rings (SSSR count). The molecule has 0 aromatic heterocycles. The van der Waals surface area contributed by atoms with Crippen LogP contribution in [0.4, 0.5) is 0 Å². The molecule has 0 heterocycles. The summed E-state index contributed by atoms with van der Waals surface area (Å²) in [6.45, 7) is 13.9. The van der Waals surface area contributed by atoms with E-state index in [-0.39, 0.29) is 11.3 Å². The van der Waals surface area contributed by atoms with E-state index in [0.29, 0.717) is 11.7 Å². The molecule has 34 heavy (non-hydrogen) atoms. The molecule has 1 aliphatic carbocycles. The Balaban J connectivity index is 3.64. The van der Waals surface area contributed by atoms with Crippen molar-refractivity contribution in [1.82, 2.24) is 0 Å². The van der Waals surface area contributed by atoms with Crippen LogP contribution in [0.1, 0.15) is 176 Å². The summed E-state index contributed by atoms with van der Waals surface area (Å²) in [5.74, 6) is 1.54. The monoisotopic (exact) mass is 474 g/mol. The van der Waals surface area contributed by atoms with Gasteiger partial charge in [0.25, 0.3) is 0 Å². The smallest absolute Gasteiger partial charge is 0.162 e. The van der Waals surface area contributed by atoms with E-state index in [4.69, 9.17) is 0 Å². The van der Waals surface area contributed by atoms with Crippen LogP contribution in [0.5, 0.6) is 0 Å². The minimum absolute atomic E-state index is 0.225. The second-order valence-electron chi connectivity index (χ2n) is 11.5. The molecule has 0 aromatic carbocycles. The predicted octanol–water partition coefficient (Wildman–Crippen LogP) is 11.4. The Morgan fingerprint density at radius 3 is 1.50 bits per heavy atom. The first-order chi connectivity index (χ1) is 16.6. The molecule has 2 unspecified atom stereocenters. The van der Waals surface area contributed by atoms with Crippen LogP contribution in [0.3, 0.4) is 0 Å². The lowest BCUT2D eigenvalue weighted by Crippen LogP contribution is -2.48. The second kappa shape index (κ2) is 18.6. The van der Waals surface area contributed by atoms with E-state index in [2.05, 4.69) is 41.5 Å².